The highest BCUT2D eigenvalue weighted by molar-refractivity contribution is 5.81. The van der Waals surface area contributed by atoms with E-state index in [0.717, 1.165) is 35.4 Å². The molecule has 0 unspecified atom stereocenters. The first-order valence-corrected chi connectivity index (χ1v) is 6.69. The van der Waals surface area contributed by atoms with Gasteiger partial charge in [-0.3, -0.25) is 0 Å². The zero-order chi connectivity index (χ0) is 13.9. The van der Waals surface area contributed by atoms with Gasteiger partial charge in [0, 0.05) is 11.6 Å². The second kappa shape index (κ2) is 5.35. The lowest BCUT2D eigenvalue weighted by molar-refractivity contribution is 0.476. The smallest absolute Gasteiger partial charge is 0.138 e. The molecule has 3 N–H and O–H groups in total. The lowest BCUT2D eigenvalue weighted by atomic mass is 10.0. The van der Waals surface area contributed by atoms with Crippen molar-refractivity contribution in [2.24, 2.45) is 0 Å². The molecule has 102 valence electrons. The van der Waals surface area contributed by atoms with Gasteiger partial charge in [-0.15, -0.1) is 0 Å². The van der Waals surface area contributed by atoms with Gasteiger partial charge in [-0.2, -0.15) is 0 Å². The normalized spacial score (nSPS) is 11.1. The predicted octanol–water partition coefficient (Wildman–Crippen LogP) is 2.70. The van der Waals surface area contributed by atoms with Gasteiger partial charge >= 0.3 is 0 Å². The summed E-state index contributed by atoms with van der Waals surface area (Å²) in [5.41, 5.74) is 4.08. The number of likely N-dealkylation sites (N-methyl/N-ethyl adjacent to an activating group) is 1. The standard InChI is InChI=1S/C16H17N3O/c1-17-9-8-11-4-2-3-5-13(11)16-18-14-7-6-12(20)10-15(14)19-16/h2-7,10,17,20H,8-9H2,1H3,(H,18,19). The fourth-order valence-electron chi connectivity index (χ4n) is 2.35. The summed E-state index contributed by atoms with van der Waals surface area (Å²) in [5, 5.41) is 12.7. The number of H-pyrrole nitrogens is 1. The van der Waals surface area contributed by atoms with E-state index in [1.54, 1.807) is 12.1 Å². The maximum absolute atomic E-state index is 9.52. The number of rotatable bonds is 4. The topological polar surface area (TPSA) is 60.9 Å². The van der Waals surface area contributed by atoms with Crippen LogP contribution in [-0.2, 0) is 6.42 Å². The Hall–Kier alpha value is -2.33. The Labute approximate surface area is 117 Å². The number of aromatic hydroxyl groups is 1. The molecule has 0 spiro atoms. The van der Waals surface area contributed by atoms with Crippen LogP contribution < -0.4 is 5.32 Å². The van der Waals surface area contributed by atoms with Gasteiger partial charge in [0.2, 0.25) is 0 Å². The highest BCUT2D eigenvalue weighted by Crippen LogP contribution is 2.25. The van der Waals surface area contributed by atoms with Crippen LogP contribution in [-0.4, -0.2) is 28.7 Å². The number of fused-ring (bicyclic) bond motifs is 1. The summed E-state index contributed by atoms with van der Waals surface area (Å²) in [6.45, 7) is 0.929. The molecule has 0 saturated carbocycles. The third-order valence-electron chi connectivity index (χ3n) is 3.38. The molecule has 0 atom stereocenters. The van der Waals surface area contributed by atoms with Crippen LogP contribution in [0.15, 0.2) is 42.5 Å². The summed E-state index contributed by atoms with van der Waals surface area (Å²) in [7, 11) is 1.95. The van der Waals surface area contributed by atoms with E-state index in [-0.39, 0.29) is 5.75 Å². The average Bonchev–Trinajstić information content (AvgIpc) is 2.88. The van der Waals surface area contributed by atoms with E-state index in [4.69, 9.17) is 0 Å². The maximum atomic E-state index is 9.52. The van der Waals surface area contributed by atoms with Crippen LogP contribution in [0.4, 0.5) is 0 Å². The Kier molecular flexibility index (Phi) is 3.39. The number of hydrogen-bond donors (Lipinski definition) is 3. The fourth-order valence-corrected chi connectivity index (χ4v) is 2.35. The van der Waals surface area contributed by atoms with Crippen LogP contribution in [0.5, 0.6) is 5.75 Å². The highest BCUT2D eigenvalue weighted by Gasteiger charge is 2.09. The zero-order valence-electron chi connectivity index (χ0n) is 11.4. The third kappa shape index (κ3) is 2.38. The summed E-state index contributed by atoms with van der Waals surface area (Å²) in [6.07, 6.45) is 0.953. The van der Waals surface area contributed by atoms with Crippen LogP contribution in [0.2, 0.25) is 0 Å². The fraction of sp³-hybridized carbons (Fsp3) is 0.188. The van der Waals surface area contributed by atoms with Crippen molar-refractivity contribution < 1.29 is 5.11 Å². The molecular weight excluding hydrogens is 250 g/mol. The summed E-state index contributed by atoms with van der Waals surface area (Å²) >= 11 is 0. The molecule has 1 aromatic heterocycles. The van der Waals surface area contributed by atoms with Gasteiger partial charge in [0.1, 0.15) is 11.6 Å². The molecule has 0 amide bonds. The molecule has 3 aromatic rings. The molecule has 1 heterocycles. The molecule has 0 radical (unpaired) electrons. The minimum absolute atomic E-state index is 0.246. The summed E-state index contributed by atoms with van der Waals surface area (Å²) in [6, 6.07) is 13.4. The molecule has 0 aliphatic heterocycles. The van der Waals surface area contributed by atoms with Gasteiger partial charge in [-0.05, 0) is 37.7 Å². The van der Waals surface area contributed by atoms with Crippen LogP contribution in [0.1, 0.15) is 5.56 Å². The first-order chi connectivity index (χ1) is 9.78. The van der Waals surface area contributed by atoms with Gasteiger partial charge < -0.3 is 15.4 Å². The number of phenolic OH excluding ortho intramolecular Hbond substituents is 1. The molecule has 0 aliphatic carbocycles. The number of phenols is 1. The van der Waals surface area contributed by atoms with Crippen molar-refractivity contribution in [2.75, 3.05) is 13.6 Å². The molecule has 20 heavy (non-hydrogen) atoms. The molecular formula is C16H17N3O. The number of nitrogens with zero attached hydrogens (tertiary/aromatic N) is 1. The average molecular weight is 267 g/mol. The molecule has 0 bridgehead atoms. The van der Waals surface area contributed by atoms with Gasteiger partial charge in [0.05, 0.1) is 11.0 Å². The largest absolute Gasteiger partial charge is 0.508 e. The summed E-state index contributed by atoms with van der Waals surface area (Å²) in [5.74, 6) is 1.09. The summed E-state index contributed by atoms with van der Waals surface area (Å²) in [4.78, 5) is 7.88. The lowest BCUT2D eigenvalue weighted by Crippen LogP contribution is -2.10. The summed E-state index contributed by atoms with van der Waals surface area (Å²) < 4.78 is 0. The van der Waals surface area contributed by atoms with Crippen molar-refractivity contribution in [3.05, 3.63) is 48.0 Å². The Balaban J connectivity index is 2.06. The minimum Gasteiger partial charge on any atom is -0.508 e. The van der Waals surface area contributed by atoms with Crippen LogP contribution in [0.25, 0.3) is 22.4 Å². The lowest BCUT2D eigenvalue weighted by Gasteiger charge is -2.06. The van der Waals surface area contributed by atoms with Crippen LogP contribution in [0, 0.1) is 0 Å². The van der Waals surface area contributed by atoms with Crippen molar-refractivity contribution >= 4 is 11.0 Å². The first-order valence-electron chi connectivity index (χ1n) is 6.69. The molecule has 3 rings (SSSR count). The Morgan fingerprint density at radius 3 is 2.90 bits per heavy atom. The second-order valence-corrected chi connectivity index (χ2v) is 4.80. The van der Waals surface area contributed by atoms with E-state index in [2.05, 4.69) is 27.4 Å². The Bertz CT molecular complexity index is 733. The Morgan fingerprint density at radius 2 is 2.05 bits per heavy atom. The van der Waals surface area contributed by atoms with Gasteiger partial charge in [-0.25, -0.2) is 4.98 Å². The molecule has 4 nitrogen and oxygen atoms in total. The zero-order valence-corrected chi connectivity index (χ0v) is 11.4. The van der Waals surface area contributed by atoms with Gasteiger partial charge in [0.15, 0.2) is 0 Å². The number of nitrogens with one attached hydrogen (secondary N) is 2. The number of imidazole rings is 1. The van der Waals surface area contributed by atoms with E-state index in [0.29, 0.717) is 0 Å². The van der Waals surface area contributed by atoms with E-state index in [9.17, 15) is 5.11 Å². The number of hydrogen-bond acceptors (Lipinski definition) is 3. The molecule has 0 fully saturated rings. The van der Waals surface area contributed by atoms with Crippen molar-refractivity contribution in [1.29, 1.82) is 0 Å². The minimum atomic E-state index is 0.246. The Morgan fingerprint density at radius 1 is 1.20 bits per heavy atom. The van der Waals surface area contributed by atoms with Crippen molar-refractivity contribution in [3.63, 3.8) is 0 Å². The first kappa shape index (κ1) is 12.7. The van der Waals surface area contributed by atoms with E-state index in [1.807, 2.05) is 25.2 Å². The predicted molar refractivity (Wildman–Crippen MR) is 80.8 cm³/mol. The highest BCUT2D eigenvalue weighted by atomic mass is 16.3. The van der Waals surface area contributed by atoms with E-state index >= 15 is 0 Å². The monoisotopic (exact) mass is 267 g/mol. The number of benzene rings is 2. The van der Waals surface area contributed by atoms with Gasteiger partial charge in [0.25, 0.3) is 0 Å². The SMILES string of the molecule is CNCCc1ccccc1-c1nc2ccc(O)cc2[nH]1. The molecule has 4 heteroatoms. The molecule has 0 aliphatic rings. The van der Waals surface area contributed by atoms with Gasteiger partial charge in [-0.1, -0.05) is 24.3 Å². The second-order valence-electron chi connectivity index (χ2n) is 4.80. The molecule has 0 saturated heterocycles. The van der Waals surface area contributed by atoms with E-state index < -0.39 is 0 Å². The quantitative estimate of drug-likeness (QED) is 0.681. The van der Waals surface area contributed by atoms with Crippen molar-refractivity contribution in [2.45, 2.75) is 6.42 Å². The number of aromatic amines is 1. The van der Waals surface area contributed by atoms with Crippen LogP contribution >= 0.6 is 0 Å². The van der Waals surface area contributed by atoms with Crippen molar-refractivity contribution in [3.8, 4) is 17.1 Å². The van der Waals surface area contributed by atoms with E-state index in [1.165, 1.54) is 5.56 Å². The van der Waals surface area contributed by atoms with Crippen LogP contribution in [0.3, 0.4) is 0 Å². The van der Waals surface area contributed by atoms with Crippen molar-refractivity contribution in [1.82, 2.24) is 15.3 Å². The number of aromatic nitrogens is 2. The maximum Gasteiger partial charge on any atom is 0.138 e. The molecule has 2 aromatic carbocycles. The third-order valence-corrected chi connectivity index (χ3v) is 3.38.